The van der Waals surface area contributed by atoms with Crippen LogP contribution in [-0.2, 0) is 33.3 Å². The molecule has 3 N–H and O–H groups in total. The number of carbonyl (C=O) groups is 3. The third-order valence-electron chi connectivity index (χ3n) is 8.64. The second-order valence-corrected chi connectivity index (χ2v) is 16.0. The van der Waals surface area contributed by atoms with Crippen LogP contribution in [0.25, 0.3) is 0 Å². The van der Waals surface area contributed by atoms with Crippen LogP contribution in [0, 0.1) is 5.41 Å². The molecule has 3 aromatic rings. The second-order valence-electron chi connectivity index (χ2n) is 12.1. The first-order valence-corrected chi connectivity index (χ1v) is 18.8. The summed E-state index contributed by atoms with van der Waals surface area (Å²) >= 11 is 0. The third kappa shape index (κ3) is 11.3. The van der Waals surface area contributed by atoms with Crippen molar-refractivity contribution < 1.29 is 48.7 Å². The van der Waals surface area contributed by atoms with Gasteiger partial charge < -0.3 is 0 Å². The average molecular weight is 709 g/mol. The van der Waals surface area contributed by atoms with Crippen LogP contribution >= 0.6 is 7.26 Å². The molecule has 10 nitrogen and oxygen atoms in total. The molecule has 0 fully saturated rings. The van der Waals surface area contributed by atoms with E-state index in [2.05, 4.69) is 49.6 Å². The fourth-order valence-corrected chi connectivity index (χ4v) is 10.7. The van der Waals surface area contributed by atoms with Crippen molar-refractivity contribution in [3.8, 4) is 0 Å². The van der Waals surface area contributed by atoms with Crippen LogP contribution in [0.15, 0.2) is 116 Å². The summed E-state index contributed by atoms with van der Waals surface area (Å²) in [6.07, 6.45) is -0.999. The Bertz CT molecular complexity index is 1400. The second kappa shape index (κ2) is 20.6. The summed E-state index contributed by atoms with van der Waals surface area (Å²) in [4.78, 5) is 37.0. The molecule has 3 rings (SSSR count). The topological polar surface area (TPSA) is 149 Å². The molecule has 0 aliphatic rings. The molecule has 50 heavy (non-hydrogen) atoms. The van der Waals surface area contributed by atoms with Gasteiger partial charge in [-0.2, -0.15) is 0 Å². The molecule has 0 saturated heterocycles. The van der Waals surface area contributed by atoms with Gasteiger partial charge in [-0.25, -0.2) is 4.79 Å². The first-order valence-electron chi connectivity index (χ1n) is 16.6. The number of benzene rings is 3. The molecule has 3 aromatic carbocycles. The van der Waals surface area contributed by atoms with Crippen LogP contribution in [-0.4, -0.2) is 97.2 Å². The van der Waals surface area contributed by atoms with Crippen LogP contribution in [0.5, 0.6) is 0 Å². The molecule has 0 aromatic heterocycles. The molecule has 11 heteroatoms. The minimum Gasteiger partial charge on any atom is -0.0918 e. The standard InChI is InChI=1S/C39H49O10P/c1-4-37(44)48-26-30(41)24-46-28-39(6-3,36(43)22-32(23-40)49-38(45)5-2)29-47-25-31(42)27-50(33-16-10-7-11-17-33,34-18-12-8-13-19-34)35-20-14-9-15-21-35/h4-5,7-21,30-32,40-42,50H,1-2,6,22-29H2,3H3. The van der Waals surface area contributed by atoms with Gasteiger partial charge in [-0.1, -0.05) is 13.2 Å². The van der Waals surface area contributed by atoms with E-state index < -0.39 is 55.3 Å². The summed E-state index contributed by atoms with van der Waals surface area (Å²) < 4.78 is 21.9. The Labute approximate surface area is 294 Å². The molecule has 270 valence electrons. The van der Waals surface area contributed by atoms with Gasteiger partial charge in [0.25, 0.3) is 0 Å². The number of hydrogen-bond acceptors (Lipinski definition) is 10. The van der Waals surface area contributed by atoms with Crippen LogP contribution < -0.4 is 15.9 Å². The number of esters is 2. The van der Waals surface area contributed by atoms with Crippen LogP contribution in [0.4, 0.5) is 0 Å². The zero-order valence-electron chi connectivity index (χ0n) is 28.5. The summed E-state index contributed by atoms with van der Waals surface area (Å²) in [6, 6.07) is 30.5. The van der Waals surface area contributed by atoms with Gasteiger partial charge in [0, 0.05) is 6.08 Å². The van der Waals surface area contributed by atoms with E-state index in [4.69, 9.17) is 18.9 Å². The molecule has 0 aliphatic carbocycles. The Morgan fingerprint density at radius 3 is 1.62 bits per heavy atom. The molecule has 0 amide bonds. The Morgan fingerprint density at radius 2 is 1.20 bits per heavy atom. The molecule has 0 saturated carbocycles. The molecule has 0 aliphatic heterocycles. The van der Waals surface area contributed by atoms with Crippen molar-refractivity contribution in [1.29, 1.82) is 0 Å². The van der Waals surface area contributed by atoms with E-state index in [1.54, 1.807) is 6.92 Å². The van der Waals surface area contributed by atoms with E-state index in [-0.39, 0.29) is 45.9 Å². The molecule has 0 bridgehead atoms. The van der Waals surface area contributed by atoms with E-state index in [0.29, 0.717) is 6.16 Å². The number of carbonyl (C=O) groups excluding carboxylic acids is 3. The van der Waals surface area contributed by atoms with Crippen molar-refractivity contribution in [2.24, 2.45) is 5.41 Å². The zero-order chi connectivity index (χ0) is 36.4. The predicted octanol–water partition coefficient (Wildman–Crippen LogP) is 2.64. The van der Waals surface area contributed by atoms with E-state index >= 15 is 0 Å². The molecule has 4 atom stereocenters. The maximum atomic E-state index is 13.8. The number of ketones is 1. The van der Waals surface area contributed by atoms with Gasteiger partial charge in [0.15, 0.2) is 0 Å². The maximum absolute atomic E-state index is 13.8. The monoisotopic (exact) mass is 708 g/mol. The number of aliphatic hydroxyl groups excluding tert-OH is 3. The van der Waals surface area contributed by atoms with Crippen molar-refractivity contribution in [2.75, 3.05) is 45.8 Å². The predicted molar refractivity (Wildman–Crippen MR) is 196 cm³/mol. The normalized spacial score (nSPS) is 14.7. The Kier molecular flexibility index (Phi) is 16.7. The van der Waals surface area contributed by atoms with Gasteiger partial charge in [0.2, 0.25) is 0 Å². The van der Waals surface area contributed by atoms with Crippen LogP contribution in [0.1, 0.15) is 19.8 Å². The van der Waals surface area contributed by atoms with Gasteiger partial charge in [-0.15, -0.1) is 0 Å². The third-order valence-corrected chi connectivity index (χ3v) is 13.7. The smallest absolute Gasteiger partial charge is 0.0918 e. The van der Waals surface area contributed by atoms with Crippen molar-refractivity contribution in [1.82, 2.24) is 0 Å². The number of ether oxygens (including phenoxy) is 4. The molecule has 0 radical (unpaired) electrons. The van der Waals surface area contributed by atoms with Gasteiger partial charge in [0.05, 0.1) is 0 Å². The van der Waals surface area contributed by atoms with Crippen LogP contribution in [0.3, 0.4) is 0 Å². The summed E-state index contributed by atoms with van der Waals surface area (Å²) in [5.74, 6) is -1.88. The van der Waals surface area contributed by atoms with E-state index in [0.717, 1.165) is 28.1 Å². The summed E-state index contributed by atoms with van der Waals surface area (Å²) in [5.41, 5.74) is -1.29. The number of aliphatic hydroxyl groups is 3. The number of hydrogen-bond donors (Lipinski definition) is 3. The Morgan fingerprint density at radius 1 is 0.740 bits per heavy atom. The number of Topliss-reactive ketones (excluding diaryl/α,β-unsaturated/α-hetero) is 1. The quantitative estimate of drug-likeness (QED) is 0.0763. The first-order chi connectivity index (χ1) is 24.1. The Balaban J connectivity index is 1.84. The van der Waals surface area contributed by atoms with Crippen molar-refractivity contribution in [3.05, 3.63) is 116 Å². The summed E-state index contributed by atoms with van der Waals surface area (Å²) in [7, 11) is -2.79. The van der Waals surface area contributed by atoms with Gasteiger partial charge in [-0.3, -0.25) is 0 Å². The average Bonchev–Trinajstić information content (AvgIpc) is 3.15. The minimum atomic E-state index is -2.79. The van der Waals surface area contributed by atoms with Gasteiger partial charge in [0.1, 0.15) is 0 Å². The van der Waals surface area contributed by atoms with E-state index in [9.17, 15) is 29.7 Å². The van der Waals surface area contributed by atoms with Crippen LogP contribution in [0.2, 0.25) is 0 Å². The SMILES string of the molecule is C=CC(=O)OCC(O)COCC(CC)(COCC(O)C[PH](c1ccccc1)(c1ccccc1)c1ccccc1)C(=O)CC(CO)OC(=O)C=C. The van der Waals surface area contributed by atoms with E-state index in [1.807, 2.05) is 54.6 Å². The minimum absolute atomic E-state index is 0.0920. The molecule has 0 spiro atoms. The molecular weight excluding hydrogens is 659 g/mol. The van der Waals surface area contributed by atoms with Crippen molar-refractivity contribution >= 4 is 40.9 Å². The fraction of sp³-hybridized carbons (Fsp3) is 0.359. The van der Waals surface area contributed by atoms with Gasteiger partial charge >= 0.3 is 271 Å². The van der Waals surface area contributed by atoms with E-state index in [1.165, 1.54) is 0 Å². The zero-order valence-corrected chi connectivity index (χ0v) is 29.5. The Hall–Kier alpha value is -4.02. The number of rotatable bonds is 23. The van der Waals surface area contributed by atoms with Crippen molar-refractivity contribution in [2.45, 2.75) is 38.1 Å². The molecule has 4 unspecified atom stereocenters. The molecule has 0 heterocycles. The fourth-order valence-electron chi connectivity index (χ4n) is 5.88. The van der Waals surface area contributed by atoms with Gasteiger partial charge in [-0.05, 0) is 0 Å². The van der Waals surface area contributed by atoms with Crippen molar-refractivity contribution in [3.63, 3.8) is 0 Å². The first kappa shape index (κ1) is 40.4. The summed E-state index contributed by atoms with van der Waals surface area (Å²) in [5, 5.41) is 35.2. The molecular formula is C39H49O10P. The summed E-state index contributed by atoms with van der Waals surface area (Å²) in [6.45, 7) is 6.81.